The van der Waals surface area contributed by atoms with Crippen molar-refractivity contribution in [2.75, 3.05) is 11.4 Å². The number of halogens is 1. The molecule has 21 heavy (non-hydrogen) atoms. The molecule has 2 aromatic carbocycles. The summed E-state index contributed by atoms with van der Waals surface area (Å²) in [6.07, 6.45) is 0.880. The molecule has 0 fully saturated rings. The van der Waals surface area contributed by atoms with Gasteiger partial charge in [-0.15, -0.1) is 0 Å². The van der Waals surface area contributed by atoms with Crippen molar-refractivity contribution in [1.29, 1.82) is 0 Å². The average Bonchev–Trinajstić information content (AvgIpc) is 2.44. The summed E-state index contributed by atoms with van der Waals surface area (Å²) in [5.74, 6) is 0. The van der Waals surface area contributed by atoms with Gasteiger partial charge in [-0.25, -0.2) is 0 Å². The summed E-state index contributed by atoms with van der Waals surface area (Å²) in [5.41, 5.74) is 11.0. The Morgan fingerprint density at radius 3 is 2.38 bits per heavy atom. The third-order valence-corrected chi connectivity index (χ3v) is 4.04. The standard InChI is InChI=1S/C18H23BrN2/c1-4-21(17-9-5-13(2)6-10-17)18-12-16(19)8-7-15(18)11-14(3)20/h5-10,12,14H,4,11,20H2,1-3H3. The number of nitrogens with zero attached hydrogens (tertiary/aromatic N) is 1. The van der Waals surface area contributed by atoms with Crippen LogP contribution in [0.1, 0.15) is 25.0 Å². The van der Waals surface area contributed by atoms with Crippen LogP contribution in [-0.2, 0) is 6.42 Å². The Balaban J connectivity index is 2.45. The Kier molecular flexibility index (Phi) is 5.43. The molecular formula is C18H23BrN2. The molecule has 0 aliphatic rings. The Bertz CT molecular complexity index is 591. The van der Waals surface area contributed by atoms with E-state index >= 15 is 0 Å². The highest BCUT2D eigenvalue weighted by atomic mass is 79.9. The highest BCUT2D eigenvalue weighted by Crippen LogP contribution is 2.32. The maximum Gasteiger partial charge on any atom is 0.0455 e. The molecule has 2 N–H and O–H groups in total. The normalized spacial score (nSPS) is 12.2. The number of benzene rings is 2. The highest BCUT2D eigenvalue weighted by Gasteiger charge is 2.13. The number of hydrogen-bond acceptors (Lipinski definition) is 2. The van der Waals surface area contributed by atoms with Gasteiger partial charge in [-0.2, -0.15) is 0 Å². The predicted octanol–water partition coefficient (Wildman–Crippen LogP) is 4.81. The molecule has 112 valence electrons. The molecule has 0 radical (unpaired) electrons. The number of anilines is 2. The lowest BCUT2D eigenvalue weighted by molar-refractivity contribution is 0.736. The largest absolute Gasteiger partial charge is 0.342 e. The van der Waals surface area contributed by atoms with Crippen LogP contribution < -0.4 is 10.6 Å². The maximum absolute atomic E-state index is 6.00. The van der Waals surface area contributed by atoms with Crippen LogP contribution in [0, 0.1) is 6.92 Å². The zero-order chi connectivity index (χ0) is 15.4. The molecule has 2 aromatic rings. The van der Waals surface area contributed by atoms with E-state index in [1.165, 1.54) is 22.5 Å². The van der Waals surface area contributed by atoms with E-state index < -0.39 is 0 Å². The summed E-state index contributed by atoms with van der Waals surface area (Å²) >= 11 is 3.59. The minimum atomic E-state index is 0.154. The second kappa shape index (κ2) is 7.10. The van der Waals surface area contributed by atoms with Gasteiger partial charge in [0, 0.05) is 28.4 Å². The zero-order valence-corrected chi connectivity index (χ0v) is 14.5. The molecule has 0 aromatic heterocycles. The third kappa shape index (κ3) is 4.08. The molecule has 0 saturated carbocycles. The SMILES string of the molecule is CCN(c1ccc(C)cc1)c1cc(Br)ccc1CC(C)N. The van der Waals surface area contributed by atoms with Crippen molar-refractivity contribution in [3.63, 3.8) is 0 Å². The summed E-state index contributed by atoms with van der Waals surface area (Å²) in [5, 5.41) is 0. The first kappa shape index (κ1) is 16.1. The fourth-order valence-corrected chi connectivity index (χ4v) is 2.87. The van der Waals surface area contributed by atoms with Gasteiger partial charge < -0.3 is 10.6 Å². The fourth-order valence-electron chi connectivity index (χ4n) is 2.52. The van der Waals surface area contributed by atoms with Gasteiger partial charge >= 0.3 is 0 Å². The van der Waals surface area contributed by atoms with Gasteiger partial charge in [0.25, 0.3) is 0 Å². The van der Waals surface area contributed by atoms with E-state index in [0.717, 1.165) is 17.4 Å². The lowest BCUT2D eigenvalue weighted by atomic mass is 10.0. The smallest absolute Gasteiger partial charge is 0.0455 e. The molecule has 0 saturated heterocycles. The van der Waals surface area contributed by atoms with Crippen molar-refractivity contribution >= 4 is 27.3 Å². The second-order valence-corrected chi connectivity index (χ2v) is 6.45. The van der Waals surface area contributed by atoms with Gasteiger partial charge in [-0.3, -0.25) is 0 Å². The van der Waals surface area contributed by atoms with E-state index in [0.29, 0.717) is 0 Å². The van der Waals surface area contributed by atoms with Crippen LogP contribution in [0.15, 0.2) is 46.9 Å². The summed E-state index contributed by atoms with van der Waals surface area (Å²) in [6.45, 7) is 7.26. The van der Waals surface area contributed by atoms with E-state index in [1.807, 2.05) is 6.92 Å². The van der Waals surface area contributed by atoms with E-state index in [2.05, 4.69) is 77.1 Å². The fraction of sp³-hybridized carbons (Fsp3) is 0.333. The summed E-state index contributed by atoms with van der Waals surface area (Å²) in [6, 6.07) is 15.2. The van der Waals surface area contributed by atoms with Crippen molar-refractivity contribution < 1.29 is 0 Å². The first-order valence-electron chi connectivity index (χ1n) is 7.39. The minimum absolute atomic E-state index is 0.154. The molecule has 1 atom stereocenters. The maximum atomic E-state index is 6.00. The van der Waals surface area contributed by atoms with Crippen molar-refractivity contribution in [2.45, 2.75) is 33.2 Å². The van der Waals surface area contributed by atoms with Gasteiger partial charge in [0.1, 0.15) is 0 Å². The molecular weight excluding hydrogens is 324 g/mol. The Labute approximate surface area is 136 Å². The molecule has 0 amide bonds. The minimum Gasteiger partial charge on any atom is -0.342 e. The first-order chi connectivity index (χ1) is 10.0. The van der Waals surface area contributed by atoms with Crippen LogP contribution in [0.4, 0.5) is 11.4 Å². The lowest BCUT2D eigenvalue weighted by Crippen LogP contribution is -2.22. The predicted molar refractivity (Wildman–Crippen MR) is 95.4 cm³/mol. The molecule has 0 heterocycles. The van der Waals surface area contributed by atoms with Crippen LogP contribution in [-0.4, -0.2) is 12.6 Å². The number of hydrogen-bond donors (Lipinski definition) is 1. The van der Waals surface area contributed by atoms with E-state index in [4.69, 9.17) is 5.73 Å². The Morgan fingerprint density at radius 1 is 1.14 bits per heavy atom. The van der Waals surface area contributed by atoms with Gasteiger partial charge in [-0.1, -0.05) is 39.7 Å². The quantitative estimate of drug-likeness (QED) is 0.841. The van der Waals surface area contributed by atoms with Crippen LogP contribution in [0.25, 0.3) is 0 Å². The molecule has 0 spiro atoms. The van der Waals surface area contributed by atoms with Gasteiger partial charge in [0.2, 0.25) is 0 Å². The topological polar surface area (TPSA) is 29.3 Å². The van der Waals surface area contributed by atoms with Crippen LogP contribution in [0.3, 0.4) is 0 Å². The molecule has 2 rings (SSSR count). The third-order valence-electron chi connectivity index (χ3n) is 3.54. The van der Waals surface area contributed by atoms with Crippen molar-refractivity contribution in [3.05, 3.63) is 58.1 Å². The monoisotopic (exact) mass is 346 g/mol. The van der Waals surface area contributed by atoms with E-state index in [1.54, 1.807) is 0 Å². The van der Waals surface area contributed by atoms with Crippen LogP contribution in [0.2, 0.25) is 0 Å². The summed E-state index contributed by atoms with van der Waals surface area (Å²) in [7, 11) is 0. The van der Waals surface area contributed by atoms with Crippen molar-refractivity contribution in [1.82, 2.24) is 0 Å². The number of rotatable bonds is 5. The lowest BCUT2D eigenvalue weighted by Gasteiger charge is -2.27. The van der Waals surface area contributed by atoms with E-state index in [9.17, 15) is 0 Å². The second-order valence-electron chi connectivity index (χ2n) is 5.53. The zero-order valence-electron chi connectivity index (χ0n) is 12.9. The van der Waals surface area contributed by atoms with Gasteiger partial charge in [0.15, 0.2) is 0 Å². The molecule has 1 unspecified atom stereocenters. The van der Waals surface area contributed by atoms with Gasteiger partial charge in [-0.05, 0) is 57.0 Å². The molecule has 3 heteroatoms. The summed E-state index contributed by atoms with van der Waals surface area (Å²) in [4.78, 5) is 2.34. The average molecular weight is 347 g/mol. The Hall–Kier alpha value is -1.32. The van der Waals surface area contributed by atoms with Gasteiger partial charge in [0.05, 0.1) is 0 Å². The highest BCUT2D eigenvalue weighted by molar-refractivity contribution is 9.10. The van der Waals surface area contributed by atoms with Crippen LogP contribution >= 0.6 is 15.9 Å². The Morgan fingerprint density at radius 2 is 1.81 bits per heavy atom. The molecule has 0 aliphatic carbocycles. The number of aryl methyl sites for hydroxylation is 1. The number of nitrogens with two attached hydrogens (primary N) is 1. The van der Waals surface area contributed by atoms with Crippen LogP contribution in [0.5, 0.6) is 0 Å². The first-order valence-corrected chi connectivity index (χ1v) is 8.18. The molecule has 0 aliphatic heterocycles. The van der Waals surface area contributed by atoms with E-state index in [-0.39, 0.29) is 6.04 Å². The van der Waals surface area contributed by atoms with Crippen molar-refractivity contribution in [3.8, 4) is 0 Å². The molecule has 0 bridgehead atoms. The molecule has 2 nitrogen and oxygen atoms in total. The summed E-state index contributed by atoms with van der Waals surface area (Å²) < 4.78 is 1.09. The van der Waals surface area contributed by atoms with Crippen molar-refractivity contribution in [2.24, 2.45) is 5.73 Å².